The third-order valence-electron chi connectivity index (χ3n) is 4.52. The number of rotatable bonds is 8. The summed E-state index contributed by atoms with van der Waals surface area (Å²) in [5, 5.41) is 5.38. The van der Waals surface area contributed by atoms with Crippen LogP contribution in [0.4, 0.5) is 20.2 Å². The summed E-state index contributed by atoms with van der Waals surface area (Å²) in [6.45, 7) is -1.56. The van der Waals surface area contributed by atoms with Crippen molar-refractivity contribution in [2.75, 3.05) is 17.7 Å². The van der Waals surface area contributed by atoms with Gasteiger partial charge in [-0.2, -0.15) is 8.78 Å². The SMILES string of the molecule is COc1ccc(-c2cc(NC(=O)/C=C/c3ccc(NC(C)=O)cc3)ccc2OC(F)F)cc1. The molecule has 170 valence electrons. The van der Waals surface area contributed by atoms with Gasteiger partial charge in [-0.3, -0.25) is 9.59 Å². The number of hydrogen-bond acceptors (Lipinski definition) is 4. The second kappa shape index (κ2) is 10.9. The molecule has 0 aliphatic rings. The maximum Gasteiger partial charge on any atom is 0.387 e. The van der Waals surface area contributed by atoms with Crippen molar-refractivity contribution in [1.29, 1.82) is 0 Å². The lowest BCUT2D eigenvalue weighted by molar-refractivity contribution is -0.114. The summed E-state index contributed by atoms with van der Waals surface area (Å²) < 4.78 is 35.5. The zero-order chi connectivity index (χ0) is 23.8. The van der Waals surface area contributed by atoms with E-state index in [-0.39, 0.29) is 11.7 Å². The number of benzene rings is 3. The van der Waals surface area contributed by atoms with Crippen LogP contribution in [0.1, 0.15) is 12.5 Å². The van der Waals surface area contributed by atoms with E-state index in [2.05, 4.69) is 15.4 Å². The fraction of sp³-hybridized carbons (Fsp3) is 0.120. The van der Waals surface area contributed by atoms with Crippen molar-refractivity contribution in [2.24, 2.45) is 0 Å². The molecule has 0 bridgehead atoms. The summed E-state index contributed by atoms with van der Waals surface area (Å²) in [5.74, 6) is 0.0403. The Labute approximate surface area is 189 Å². The van der Waals surface area contributed by atoms with E-state index in [1.165, 1.54) is 32.2 Å². The van der Waals surface area contributed by atoms with Gasteiger partial charge in [0.1, 0.15) is 11.5 Å². The molecule has 0 atom stereocenters. The van der Waals surface area contributed by atoms with Crippen molar-refractivity contribution < 1.29 is 27.8 Å². The van der Waals surface area contributed by atoms with Gasteiger partial charge in [0.15, 0.2) is 0 Å². The molecule has 33 heavy (non-hydrogen) atoms. The monoisotopic (exact) mass is 452 g/mol. The Kier molecular flexibility index (Phi) is 7.75. The van der Waals surface area contributed by atoms with Crippen molar-refractivity contribution in [2.45, 2.75) is 13.5 Å². The van der Waals surface area contributed by atoms with E-state index in [0.29, 0.717) is 28.3 Å². The Morgan fingerprint density at radius 3 is 2.18 bits per heavy atom. The minimum Gasteiger partial charge on any atom is -0.497 e. The van der Waals surface area contributed by atoms with Gasteiger partial charge in [-0.15, -0.1) is 0 Å². The van der Waals surface area contributed by atoms with Gasteiger partial charge in [0.05, 0.1) is 7.11 Å². The molecule has 3 aromatic carbocycles. The van der Waals surface area contributed by atoms with Gasteiger partial charge < -0.3 is 20.1 Å². The molecule has 0 aliphatic carbocycles. The highest BCUT2D eigenvalue weighted by Gasteiger charge is 2.13. The van der Waals surface area contributed by atoms with Crippen LogP contribution in [0.2, 0.25) is 0 Å². The molecular formula is C25H22F2N2O4. The van der Waals surface area contributed by atoms with Crippen LogP contribution in [0.3, 0.4) is 0 Å². The maximum absolute atomic E-state index is 12.9. The number of alkyl halides is 2. The first-order valence-corrected chi connectivity index (χ1v) is 9.94. The maximum atomic E-state index is 12.9. The lowest BCUT2D eigenvalue weighted by atomic mass is 10.0. The van der Waals surface area contributed by atoms with E-state index in [1.54, 1.807) is 60.7 Å². The number of ether oxygens (including phenoxy) is 2. The lowest BCUT2D eigenvalue weighted by Gasteiger charge is -2.13. The Morgan fingerprint density at radius 2 is 1.58 bits per heavy atom. The number of anilines is 2. The molecule has 0 aromatic heterocycles. The van der Waals surface area contributed by atoms with E-state index < -0.39 is 12.5 Å². The molecule has 0 saturated carbocycles. The summed E-state index contributed by atoms with van der Waals surface area (Å²) >= 11 is 0. The third-order valence-corrected chi connectivity index (χ3v) is 4.52. The van der Waals surface area contributed by atoms with E-state index in [9.17, 15) is 18.4 Å². The summed E-state index contributed by atoms with van der Waals surface area (Å²) in [7, 11) is 1.53. The van der Waals surface area contributed by atoms with Crippen LogP contribution in [0.15, 0.2) is 72.8 Å². The molecule has 2 amide bonds. The van der Waals surface area contributed by atoms with Crippen LogP contribution in [0, 0.1) is 0 Å². The minimum atomic E-state index is -2.98. The zero-order valence-electron chi connectivity index (χ0n) is 18.0. The number of methoxy groups -OCH3 is 1. The molecule has 3 rings (SSSR count). The number of nitrogens with one attached hydrogen (secondary N) is 2. The predicted molar refractivity (Wildman–Crippen MR) is 123 cm³/mol. The Bertz CT molecular complexity index is 1140. The summed E-state index contributed by atoms with van der Waals surface area (Å²) in [6, 6.07) is 18.2. The minimum absolute atomic E-state index is 0.0111. The predicted octanol–water partition coefficient (Wildman–Crippen LogP) is 5.57. The molecule has 8 heteroatoms. The Balaban J connectivity index is 1.76. The number of carbonyl (C=O) groups is 2. The number of amides is 2. The Hall–Kier alpha value is -4.20. The second-order valence-electron chi connectivity index (χ2n) is 6.94. The van der Waals surface area contributed by atoms with Gasteiger partial charge in [-0.1, -0.05) is 24.3 Å². The number of hydrogen-bond donors (Lipinski definition) is 2. The van der Waals surface area contributed by atoms with Crippen LogP contribution in [0.25, 0.3) is 17.2 Å². The average molecular weight is 452 g/mol. The molecule has 0 aliphatic heterocycles. The number of halogens is 2. The molecule has 2 N–H and O–H groups in total. The van der Waals surface area contributed by atoms with Crippen molar-refractivity contribution in [1.82, 2.24) is 0 Å². The highest BCUT2D eigenvalue weighted by Crippen LogP contribution is 2.34. The van der Waals surface area contributed by atoms with E-state index >= 15 is 0 Å². The smallest absolute Gasteiger partial charge is 0.387 e. The van der Waals surface area contributed by atoms with Crippen LogP contribution in [-0.4, -0.2) is 25.5 Å². The lowest BCUT2D eigenvalue weighted by Crippen LogP contribution is -2.09. The molecule has 0 spiro atoms. The van der Waals surface area contributed by atoms with Gasteiger partial charge in [0, 0.05) is 29.9 Å². The number of carbonyl (C=O) groups excluding carboxylic acids is 2. The van der Waals surface area contributed by atoms with E-state index in [1.807, 2.05) is 0 Å². The van der Waals surface area contributed by atoms with E-state index in [4.69, 9.17) is 4.74 Å². The molecular weight excluding hydrogens is 430 g/mol. The van der Waals surface area contributed by atoms with Crippen LogP contribution in [0.5, 0.6) is 11.5 Å². The highest BCUT2D eigenvalue weighted by atomic mass is 19.3. The molecule has 0 heterocycles. The molecule has 0 fully saturated rings. The average Bonchev–Trinajstić information content (AvgIpc) is 2.79. The fourth-order valence-corrected chi connectivity index (χ4v) is 3.04. The van der Waals surface area contributed by atoms with Gasteiger partial charge >= 0.3 is 6.61 Å². The standard InChI is InChI=1S/C25H22F2N2O4/c1-16(30)28-19-8-3-17(4-9-19)5-14-24(31)29-20-10-13-23(33-25(26)27)22(15-20)18-6-11-21(32-2)12-7-18/h3-15,25H,1-2H3,(H,28,30)(H,29,31)/b14-5+. The largest absolute Gasteiger partial charge is 0.497 e. The quantitative estimate of drug-likeness (QED) is 0.438. The van der Waals surface area contributed by atoms with Crippen molar-refractivity contribution in [3.8, 4) is 22.6 Å². The molecule has 6 nitrogen and oxygen atoms in total. The zero-order valence-corrected chi connectivity index (χ0v) is 18.0. The van der Waals surface area contributed by atoms with E-state index in [0.717, 1.165) is 5.56 Å². The normalized spacial score (nSPS) is 10.8. The van der Waals surface area contributed by atoms with Crippen LogP contribution < -0.4 is 20.1 Å². The van der Waals surface area contributed by atoms with Crippen molar-refractivity contribution >= 4 is 29.3 Å². The first-order valence-electron chi connectivity index (χ1n) is 9.94. The van der Waals surface area contributed by atoms with Crippen LogP contribution >= 0.6 is 0 Å². The molecule has 0 radical (unpaired) electrons. The van der Waals surface area contributed by atoms with Gasteiger partial charge in [0.2, 0.25) is 11.8 Å². The summed E-state index contributed by atoms with van der Waals surface area (Å²) in [6.07, 6.45) is 2.97. The van der Waals surface area contributed by atoms with Gasteiger partial charge in [-0.25, -0.2) is 0 Å². The first kappa shape index (κ1) is 23.5. The summed E-state index contributed by atoms with van der Waals surface area (Å²) in [4.78, 5) is 23.4. The third kappa shape index (κ3) is 6.90. The van der Waals surface area contributed by atoms with Gasteiger partial charge in [0.25, 0.3) is 0 Å². The highest BCUT2D eigenvalue weighted by molar-refractivity contribution is 6.02. The Morgan fingerprint density at radius 1 is 0.909 bits per heavy atom. The molecule has 0 unspecified atom stereocenters. The molecule has 0 saturated heterocycles. The molecule has 3 aromatic rings. The van der Waals surface area contributed by atoms with Crippen LogP contribution in [-0.2, 0) is 9.59 Å². The van der Waals surface area contributed by atoms with Crippen molar-refractivity contribution in [3.05, 3.63) is 78.4 Å². The summed E-state index contributed by atoms with van der Waals surface area (Å²) in [5.41, 5.74) is 2.85. The fourth-order valence-electron chi connectivity index (χ4n) is 3.04. The second-order valence-corrected chi connectivity index (χ2v) is 6.94. The van der Waals surface area contributed by atoms with Gasteiger partial charge in [-0.05, 0) is 59.7 Å². The first-order chi connectivity index (χ1) is 15.8. The topological polar surface area (TPSA) is 76.7 Å². The van der Waals surface area contributed by atoms with Crippen molar-refractivity contribution in [3.63, 3.8) is 0 Å².